The lowest BCUT2D eigenvalue weighted by atomic mass is 9.84. The van der Waals surface area contributed by atoms with E-state index in [0.717, 1.165) is 27.1 Å². The van der Waals surface area contributed by atoms with Gasteiger partial charge in [-0.1, -0.05) is 160 Å². The summed E-state index contributed by atoms with van der Waals surface area (Å²) in [6, 6.07) is 46.8. The first kappa shape index (κ1) is 45.8. The molecule has 326 valence electrons. The smallest absolute Gasteiger partial charge is 0.410 e. The van der Waals surface area contributed by atoms with Gasteiger partial charge in [0, 0.05) is 11.6 Å². The van der Waals surface area contributed by atoms with Crippen molar-refractivity contribution < 1.29 is 33.0 Å². The van der Waals surface area contributed by atoms with Crippen molar-refractivity contribution in [3.8, 4) is 0 Å². The molecule has 0 bridgehead atoms. The number of amides is 3. The van der Waals surface area contributed by atoms with Crippen LogP contribution in [0.3, 0.4) is 0 Å². The van der Waals surface area contributed by atoms with Gasteiger partial charge in [0.05, 0.1) is 39.0 Å². The van der Waals surface area contributed by atoms with E-state index in [-0.39, 0.29) is 17.7 Å². The van der Waals surface area contributed by atoms with E-state index in [1.807, 2.05) is 118 Å². The van der Waals surface area contributed by atoms with Crippen LogP contribution in [-0.4, -0.2) is 82.0 Å². The molecule has 0 radical (unpaired) electrons. The Morgan fingerprint density at radius 2 is 1.21 bits per heavy atom. The van der Waals surface area contributed by atoms with E-state index in [1.54, 1.807) is 4.90 Å². The van der Waals surface area contributed by atoms with Crippen LogP contribution >= 0.6 is 0 Å². The van der Waals surface area contributed by atoms with Crippen molar-refractivity contribution in [3.05, 3.63) is 162 Å². The second kappa shape index (κ2) is 20.4. The Balaban J connectivity index is 1.25. The van der Waals surface area contributed by atoms with E-state index in [9.17, 15) is 14.4 Å². The molecule has 62 heavy (non-hydrogen) atoms. The molecule has 1 heterocycles. The maximum Gasteiger partial charge on any atom is 0.410 e. The molecular weight excluding hydrogens is 795 g/mol. The summed E-state index contributed by atoms with van der Waals surface area (Å²) in [5.41, 5.74) is 2.54. The Labute approximate surface area is 368 Å². The molecule has 5 aromatic rings. The number of methoxy groups -OCH3 is 1. The number of benzene rings is 5. The first-order chi connectivity index (χ1) is 29.7. The van der Waals surface area contributed by atoms with Gasteiger partial charge in [-0.3, -0.25) is 4.79 Å². The maximum atomic E-state index is 14.4. The number of morpholine rings is 1. The minimum atomic E-state index is -2.90. The minimum absolute atomic E-state index is 0.240. The predicted molar refractivity (Wildman–Crippen MR) is 247 cm³/mol. The third-order valence-electron chi connectivity index (χ3n) is 11.2. The van der Waals surface area contributed by atoms with Crippen molar-refractivity contribution in [1.29, 1.82) is 0 Å². The fourth-order valence-electron chi connectivity index (χ4n) is 8.40. The lowest BCUT2D eigenvalue weighted by Crippen LogP contribution is -2.67. The monoisotopic (exact) mass is 855 g/mol. The van der Waals surface area contributed by atoms with Crippen LogP contribution in [0.5, 0.6) is 0 Å². The van der Waals surface area contributed by atoms with Crippen molar-refractivity contribution >= 4 is 42.5 Å². The highest BCUT2D eigenvalue weighted by Gasteiger charge is 2.51. The number of ether oxygens (including phenoxy) is 3. The van der Waals surface area contributed by atoms with E-state index in [4.69, 9.17) is 18.6 Å². The summed E-state index contributed by atoms with van der Waals surface area (Å²) in [5.74, 6) is -0.910. The van der Waals surface area contributed by atoms with Gasteiger partial charge in [-0.2, -0.15) is 0 Å². The number of rotatable bonds is 14. The summed E-state index contributed by atoms with van der Waals surface area (Å²) in [5, 5.41) is 8.05. The van der Waals surface area contributed by atoms with Crippen LogP contribution in [0.4, 0.5) is 15.3 Å². The van der Waals surface area contributed by atoms with Crippen molar-refractivity contribution in [2.45, 2.75) is 89.2 Å². The van der Waals surface area contributed by atoms with Gasteiger partial charge < -0.3 is 34.2 Å². The number of alkyl carbamates (subject to hydrolysis) is 1. The van der Waals surface area contributed by atoms with Gasteiger partial charge in [-0.15, -0.1) is 0 Å². The van der Waals surface area contributed by atoms with Crippen LogP contribution in [-0.2, 0) is 29.9 Å². The van der Waals surface area contributed by atoms with Crippen LogP contribution < -0.4 is 21.0 Å². The fraction of sp³-hybridized carbons (Fsp3) is 0.353. The van der Waals surface area contributed by atoms with Crippen molar-refractivity contribution in [2.75, 3.05) is 32.1 Å². The summed E-state index contributed by atoms with van der Waals surface area (Å²) in [4.78, 5) is 42.7. The van der Waals surface area contributed by atoms with Crippen molar-refractivity contribution in [3.63, 3.8) is 0 Å². The highest BCUT2D eigenvalue weighted by Crippen LogP contribution is 2.37. The van der Waals surface area contributed by atoms with E-state index < -0.39 is 50.1 Å². The predicted octanol–water partition coefficient (Wildman–Crippen LogP) is 8.70. The molecule has 1 saturated heterocycles. The third kappa shape index (κ3) is 11.4. The zero-order valence-corrected chi connectivity index (χ0v) is 38.0. The topological polar surface area (TPSA) is 115 Å². The normalized spacial score (nSPS) is 16.3. The van der Waals surface area contributed by atoms with Crippen LogP contribution in [0.2, 0.25) is 5.04 Å². The molecule has 0 saturated carbocycles. The molecule has 2 N–H and O–H groups in total. The summed E-state index contributed by atoms with van der Waals surface area (Å²) in [6.07, 6.45) is -0.834. The van der Waals surface area contributed by atoms with E-state index >= 15 is 0 Å². The highest BCUT2D eigenvalue weighted by atomic mass is 28.4. The van der Waals surface area contributed by atoms with Gasteiger partial charge in [0.25, 0.3) is 8.32 Å². The third-order valence-corrected chi connectivity index (χ3v) is 16.2. The minimum Gasteiger partial charge on any atom is -0.453 e. The number of anilines is 1. The van der Waals surface area contributed by atoms with Gasteiger partial charge in [-0.25, -0.2) is 9.59 Å². The summed E-state index contributed by atoms with van der Waals surface area (Å²) in [6.45, 7) is 13.2. The summed E-state index contributed by atoms with van der Waals surface area (Å²) >= 11 is 0. The van der Waals surface area contributed by atoms with E-state index in [0.29, 0.717) is 31.6 Å². The molecule has 3 amide bonds. The number of nitrogens with one attached hydrogen (secondary N) is 2. The largest absolute Gasteiger partial charge is 0.453 e. The standard InChI is InChI=1S/C51H61N3O7Si/c1-50(2,3)61-49(57)54-34-40(60-41(35-54)36-59-62(51(4,5)6,42-27-16-10-17-28-42)43-29-18-11-19-30-43)33-32-37-22-20-21-31-44(37)52-47(55)46(53-48(56)58-7)45(38-23-12-8-13-24-38)39-25-14-9-15-26-39/h8-31,40-41,45-46H,32-36H2,1-7H3,(H,52,55)(H,53,56)/t40?,41-,46-/m0/s1. The average Bonchev–Trinajstić information content (AvgIpc) is 3.26. The molecule has 1 aliphatic heterocycles. The van der Waals surface area contributed by atoms with Crippen molar-refractivity contribution in [1.82, 2.24) is 10.2 Å². The zero-order valence-electron chi connectivity index (χ0n) is 37.0. The van der Waals surface area contributed by atoms with Crippen LogP contribution in [0.25, 0.3) is 0 Å². The number of carbonyl (C=O) groups excluding carboxylic acids is 3. The number of nitrogens with zero attached hydrogens (tertiary/aromatic N) is 1. The Hall–Kier alpha value is -5.75. The Kier molecular flexibility index (Phi) is 15.1. The lowest BCUT2D eigenvalue weighted by Gasteiger charge is -2.45. The Bertz CT molecular complexity index is 2130. The highest BCUT2D eigenvalue weighted by molar-refractivity contribution is 6.99. The number of hydrogen-bond acceptors (Lipinski definition) is 7. The molecule has 1 aliphatic rings. The molecule has 11 heteroatoms. The van der Waals surface area contributed by atoms with Crippen LogP contribution in [0, 0.1) is 0 Å². The molecule has 5 aromatic carbocycles. The second-order valence-electron chi connectivity index (χ2n) is 17.8. The quantitative estimate of drug-likeness (QED) is 0.108. The zero-order chi connectivity index (χ0) is 44.3. The lowest BCUT2D eigenvalue weighted by molar-refractivity contribution is -0.118. The summed E-state index contributed by atoms with van der Waals surface area (Å²) in [7, 11) is -1.62. The van der Waals surface area contributed by atoms with Gasteiger partial charge >= 0.3 is 12.2 Å². The van der Waals surface area contributed by atoms with Gasteiger partial charge in [0.1, 0.15) is 11.6 Å². The first-order valence-corrected chi connectivity index (χ1v) is 23.3. The molecule has 0 aliphatic carbocycles. The molecular formula is C51H61N3O7Si. The van der Waals surface area contributed by atoms with E-state index in [1.165, 1.54) is 7.11 Å². The molecule has 3 atom stereocenters. The molecule has 10 nitrogen and oxygen atoms in total. The molecule has 1 unspecified atom stereocenters. The molecule has 0 aromatic heterocycles. The van der Waals surface area contributed by atoms with Crippen LogP contribution in [0.1, 0.15) is 70.6 Å². The Morgan fingerprint density at radius 1 is 0.710 bits per heavy atom. The van der Waals surface area contributed by atoms with Crippen molar-refractivity contribution in [2.24, 2.45) is 0 Å². The SMILES string of the molecule is COC(=O)N[C@H](C(=O)Nc1ccccc1CCC1CN(C(=O)OC(C)(C)C)C[C@@H](CO[Si](c2ccccc2)(c2ccccc2)C(C)(C)C)O1)C(c1ccccc1)c1ccccc1. The summed E-state index contributed by atoms with van der Waals surface area (Å²) < 4.78 is 25.0. The van der Waals surface area contributed by atoms with Gasteiger partial charge in [0.2, 0.25) is 5.91 Å². The van der Waals surface area contributed by atoms with Crippen LogP contribution in [0.15, 0.2) is 146 Å². The van der Waals surface area contributed by atoms with E-state index in [2.05, 4.69) is 79.9 Å². The average molecular weight is 856 g/mol. The number of hydrogen-bond donors (Lipinski definition) is 2. The Morgan fingerprint density at radius 3 is 1.73 bits per heavy atom. The number of aryl methyl sites for hydroxylation is 1. The first-order valence-electron chi connectivity index (χ1n) is 21.4. The van der Waals surface area contributed by atoms with Gasteiger partial charge in [0.15, 0.2) is 0 Å². The second-order valence-corrected chi connectivity index (χ2v) is 22.1. The number of carbonyl (C=O) groups is 3. The maximum absolute atomic E-state index is 14.4. The fourth-order valence-corrected chi connectivity index (χ4v) is 13.0. The number of para-hydroxylation sites is 1. The molecule has 0 spiro atoms. The molecule has 1 fully saturated rings. The van der Waals surface area contributed by atoms with Gasteiger partial charge in [-0.05, 0) is 71.8 Å². The molecule has 6 rings (SSSR count).